The van der Waals surface area contributed by atoms with Crippen LogP contribution in [0.4, 0.5) is 5.69 Å². The van der Waals surface area contributed by atoms with Crippen molar-refractivity contribution < 1.29 is 4.74 Å². The maximum Gasteiger partial charge on any atom is 0.161 e. The van der Waals surface area contributed by atoms with E-state index in [0.717, 1.165) is 28.9 Å². The average Bonchev–Trinajstić information content (AvgIpc) is 2.72. The van der Waals surface area contributed by atoms with Gasteiger partial charge in [0.1, 0.15) is 5.75 Å². The number of benzene rings is 1. The first kappa shape index (κ1) is 12.4. The van der Waals surface area contributed by atoms with E-state index in [9.17, 15) is 0 Å². The van der Waals surface area contributed by atoms with Crippen molar-refractivity contribution in [3.8, 4) is 5.75 Å². The quantitative estimate of drug-likeness (QED) is 0.909. The molecular formula is C10H13BrN2OS. The number of rotatable bonds is 2. The van der Waals surface area contributed by atoms with Crippen LogP contribution in [-0.4, -0.2) is 24.6 Å². The molecule has 0 aromatic heterocycles. The molecule has 0 radical (unpaired) electrons. The maximum absolute atomic E-state index is 5.08. The first-order valence-corrected chi connectivity index (χ1v) is 5.45. The van der Waals surface area contributed by atoms with Crippen molar-refractivity contribution in [1.82, 2.24) is 0 Å². The van der Waals surface area contributed by atoms with Gasteiger partial charge in [0.15, 0.2) is 5.17 Å². The van der Waals surface area contributed by atoms with E-state index in [1.807, 2.05) is 24.3 Å². The van der Waals surface area contributed by atoms with Crippen molar-refractivity contribution in [2.75, 3.05) is 24.7 Å². The van der Waals surface area contributed by atoms with Crippen LogP contribution in [0.15, 0.2) is 29.3 Å². The summed E-state index contributed by atoms with van der Waals surface area (Å²) in [7, 11) is 1.67. The number of hydrogen-bond donors (Lipinski definition) is 1. The number of amidine groups is 1. The summed E-state index contributed by atoms with van der Waals surface area (Å²) in [6, 6.07) is 7.84. The molecule has 0 amide bonds. The van der Waals surface area contributed by atoms with E-state index >= 15 is 0 Å². The minimum absolute atomic E-state index is 0. The first-order chi connectivity index (χ1) is 6.88. The van der Waals surface area contributed by atoms with Crippen molar-refractivity contribution >= 4 is 39.6 Å². The monoisotopic (exact) mass is 288 g/mol. The number of aliphatic imine (C=N–C) groups is 1. The van der Waals surface area contributed by atoms with Crippen molar-refractivity contribution in [1.29, 1.82) is 0 Å². The number of nitrogens with one attached hydrogen (secondary N) is 1. The largest absolute Gasteiger partial charge is 0.497 e. The topological polar surface area (TPSA) is 33.6 Å². The van der Waals surface area contributed by atoms with Crippen LogP contribution in [0.3, 0.4) is 0 Å². The summed E-state index contributed by atoms with van der Waals surface area (Å²) in [5.41, 5.74) is 1.05. The number of thioether (sulfide) groups is 1. The Labute approximate surface area is 104 Å². The third kappa shape index (κ3) is 3.43. The third-order valence-corrected chi connectivity index (χ3v) is 2.82. The van der Waals surface area contributed by atoms with Gasteiger partial charge in [-0.25, -0.2) is 0 Å². The molecule has 2 rings (SSSR count). The van der Waals surface area contributed by atoms with Crippen LogP contribution in [-0.2, 0) is 0 Å². The number of methoxy groups -OCH3 is 1. The molecule has 0 unspecified atom stereocenters. The summed E-state index contributed by atoms with van der Waals surface area (Å²) in [6.07, 6.45) is 0. The van der Waals surface area contributed by atoms with Crippen LogP contribution in [0.25, 0.3) is 0 Å². The molecule has 1 N–H and O–H groups in total. The Bertz CT molecular complexity index is 340. The molecule has 0 fully saturated rings. The lowest BCUT2D eigenvalue weighted by Gasteiger charge is -2.05. The predicted molar refractivity (Wildman–Crippen MR) is 71.7 cm³/mol. The zero-order valence-electron chi connectivity index (χ0n) is 8.40. The highest BCUT2D eigenvalue weighted by molar-refractivity contribution is 8.93. The first-order valence-electron chi connectivity index (χ1n) is 4.47. The molecule has 0 spiro atoms. The van der Waals surface area contributed by atoms with Gasteiger partial charge in [-0.15, -0.1) is 17.0 Å². The maximum atomic E-state index is 5.08. The second-order valence-electron chi connectivity index (χ2n) is 2.89. The van der Waals surface area contributed by atoms with Crippen LogP contribution in [0.2, 0.25) is 0 Å². The molecule has 82 valence electrons. The van der Waals surface area contributed by atoms with E-state index in [2.05, 4.69) is 10.3 Å². The van der Waals surface area contributed by atoms with E-state index in [-0.39, 0.29) is 17.0 Å². The van der Waals surface area contributed by atoms with Gasteiger partial charge in [-0.2, -0.15) is 0 Å². The molecule has 0 bridgehead atoms. The van der Waals surface area contributed by atoms with Crippen LogP contribution in [0, 0.1) is 0 Å². The zero-order valence-corrected chi connectivity index (χ0v) is 10.9. The smallest absolute Gasteiger partial charge is 0.161 e. The van der Waals surface area contributed by atoms with Gasteiger partial charge in [0.2, 0.25) is 0 Å². The second kappa shape index (κ2) is 6.02. The van der Waals surface area contributed by atoms with Gasteiger partial charge in [-0.3, -0.25) is 4.99 Å². The fourth-order valence-electron chi connectivity index (χ4n) is 1.21. The minimum Gasteiger partial charge on any atom is -0.497 e. The summed E-state index contributed by atoms with van der Waals surface area (Å²) in [6.45, 7) is 0.920. The summed E-state index contributed by atoms with van der Waals surface area (Å²) in [4.78, 5) is 4.31. The summed E-state index contributed by atoms with van der Waals surface area (Å²) < 4.78 is 5.08. The molecule has 3 nitrogen and oxygen atoms in total. The van der Waals surface area contributed by atoms with Gasteiger partial charge in [0.05, 0.1) is 13.7 Å². The molecule has 15 heavy (non-hydrogen) atoms. The Morgan fingerprint density at radius 1 is 1.33 bits per heavy atom. The zero-order chi connectivity index (χ0) is 9.80. The SMILES string of the molecule is Br.COc1ccc(NC2=NCCS2)cc1. The van der Waals surface area contributed by atoms with Crippen LogP contribution in [0.1, 0.15) is 0 Å². The van der Waals surface area contributed by atoms with Gasteiger partial charge in [-0.1, -0.05) is 11.8 Å². The molecule has 1 aliphatic rings. The molecule has 1 aromatic rings. The predicted octanol–water partition coefficient (Wildman–Crippen LogP) is 2.79. The Kier molecular flexibility index (Phi) is 4.98. The summed E-state index contributed by atoms with van der Waals surface area (Å²) in [5, 5.41) is 4.26. The highest BCUT2D eigenvalue weighted by Crippen LogP contribution is 2.18. The molecule has 1 heterocycles. The van der Waals surface area contributed by atoms with E-state index < -0.39 is 0 Å². The summed E-state index contributed by atoms with van der Waals surface area (Å²) >= 11 is 1.75. The number of ether oxygens (including phenoxy) is 1. The molecule has 0 aliphatic carbocycles. The number of anilines is 1. The number of halogens is 1. The molecule has 1 aliphatic heterocycles. The van der Waals surface area contributed by atoms with Crippen molar-refractivity contribution in [3.05, 3.63) is 24.3 Å². The number of hydrogen-bond acceptors (Lipinski definition) is 4. The Morgan fingerprint density at radius 2 is 2.07 bits per heavy atom. The number of nitrogens with zero attached hydrogens (tertiary/aromatic N) is 1. The minimum atomic E-state index is 0. The van der Waals surface area contributed by atoms with E-state index in [1.165, 1.54) is 0 Å². The van der Waals surface area contributed by atoms with E-state index in [1.54, 1.807) is 18.9 Å². The van der Waals surface area contributed by atoms with Crippen molar-refractivity contribution in [3.63, 3.8) is 0 Å². The fraction of sp³-hybridized carbons (Fsp3) is 0.300. The average molecular weight is 289 g/mol. The molecule has 1 aromatic carbocycles. The Balaban J connectivity index is 0.00000112. The van der Waals surface area contributed by atoms with E-state index in [0.29, 0.717) is 0 Å². The van der Waals surface area contributed by atoms with Gasteiger partial charge in [-0.05, 0) is 24.3 Å². The molecule has 0 saturated heterocycles. The molecule has 0 saturated carbocycles. The Hall–Kier alpha value is -0.680. The van der Waals surface area contributed by atoms with E-state index in [4.69, 9.17) is 4.74 Å². The van der Waals surface area contributed by atoms with Gasteiger partial charge < -0.3 is 10.1 Å². The Morgan fingerprint density at radius 3 is 2.60 bits per heavy atom. The standard InChI is InChI=1S/C10H12N2OS.BrH/c1-13-9-4-2-8(3-5-9)12-10-11-6-7-14-10;/h2-5H,6-7H2,1H3,(H,11,12);1H. The molecule has 0 atom stereocenters. The molecule has 5 heteroatoms. The van der Waals surface area contributed by atoms with Gasteiger partial charge in [0, 0.05) is 11.4 Å². The van der Waals surface area contributed by atoms with Crippen molar-refractivity contribution in [2.24, 2.45) is 4.99 Å². The lowest BCUT2D eigenvalue weighted by atomic mass is 10.3. The van der Waals surface area contributed by atoms with Crippen molar-refractivity contribution in [2.45, 2.75) is 0 Å². The van der Waals surface area contributed by atoms with Gasteiger partial charge >= 0.3 is 0 Å². The highest BCUT2D eigenvalue weighted by atomic mass is 79.9. The van der Waals surface area contributed by atoms with Crippen LogP contribution >= 0.6 is 28.7 Å². The van der Waals surface area contributed by atoms with Crippen LogP contribution < -0.4 is 10.1 Å². The third-order valence-electron chi connectivity index (χ3n) is 1.93. The molecular weight excluding hydrogens is 276 g/mol. The highest BCUT2D eigenvalue weighted by Gasteiger charge is 2.06. The lowest BCUT2D eigenvalue weighted by molar-refractivity contribution is 0.415. The second-order valence-corrected chi connectivity index (χ2v) is 3.97. The normalized spacial score (nSPS) is 14.1. The lowest BCUT2D eigenvalue weighted by Crippen LogP contribution is -2.04. The fourth-order valence-corrected chi connectivity index (χ4v) is 1.96. The summed E-state index contributed by atoms with van der Waals surface area (Å²) in [5.74, 6) is 1.95. The van der Waals surface area contributed by atoms with Crippen LogP contribution in [0.5, 0.6) is 5.75 Å². The van der Waals surface area contributed by atoms with Gasteiger partial charge in [0.25, 0.3) is 0 Å².